The third-order valence-corrected chi connectivity index (χ3v) is 5.17. The molecule has 1 aromatic carbocycles. The van der Waals surface area contributed by atoms with Crippen LogP contribution in [0, 0.1) is 11.3 Å². The average molecular weight is 469 g/mol. The van der Waals surface area contributed by atoms with E-state index in [1.54, 1.807) is 30.3 Å². The number of benzene rings is 1. The van der Waals surface area contributed by atoms with Crippen molar-refractivity contribution in [1.82, 2.24) is 20.3 Å². The Labute approximate surface area is 192 Å². The molecule has 0 radical (unpaired) electrons. The number of halogens is 2. The van der Waals surface area contributed by atoms with E-state index in [0.29, 0.717) is 33.4 Å². The molecule has 3 aromatic rings. The van der Waals surface area contributed by atoms with Crippen LogP contribution in [0.4, 0.5) is 5.82 Å². The van der Waals surface area contributed by atoms with Gasteiger partial charge in [0.2, 0.25) is 5.82 Å². The average Bonchev–Trinajstić information content (AvgIpc) is 2.91. The summed E-state index contributed by atoms with van der Waals surface area (Å²) in [4.78, 5) is 39.3. The molecule has 32 heavy (non-hydrogen) atoms. The van der Waals surface area contributed by atoms with E-state index in [0.717, 1.165) is 0 Å². The molecule has 1 aliphatic rings. The number of carbonyl (C=O) groups excluding carboxylic acids is 2. The van der Waals surface area contributed by atoms with Crippen LogP contribution in [0.15, 0.2) is 42.7 Å². The van der Waals surface area contributed by atoms with Gasteiger partial charge in [-0.3, -0.25) is 14.5 Å². The number of rotatable bonds is 3. The van der Waals surface area contributed by atoms with Gasteiger partial charge in [0.25, 0.3) is 11.8 Å². The van der Waals surface area contributed by atoms with Crippen molar-refractivity contribution >= 4 is 40.8 Å². The number of nitrogens with one attached hydrogen (secondary N) is 1. The number of hydrogen-bond acceptors (Lipinski definition) is 7. The lowest BCUT2D eigenvalue weighted by atomic mass is 10.1. The summed E-state index contributed by atoms with van der Waals surface area (Å²) in [7, 11) is 1.53. The van der Waals surface area contributed by atoms with Crippen LogP contribution in [0.2, 0.25) is 10.0 Å². The van der Waals surface area contributed by atoms with E-state index in [2.05, 4.69) is 20.3 Å². The standard InChI is InChI=1S/C21H14Cl2N6O3/c1-29-19-16(6-13(22)8-26-19)32-10-15(21(29)31)27-20(30)18-25-9-14(23)17(28-18)12-4-2-11(7-24)3-5-12/h2-6,8-9,15H,10H2,1H3,(H,27,30)/t15-/m0/s1. The molecule has 9 nitrogen and oxygen atoms in total. The van der Waals surface area contributed by atoms with Gasteiger partial charge < -0.3 is 10.1 Å². The molecule has 4 rings (SSSR count). The quantitative estimate of drug-likeness (QED) is 0.626. The number of pyridine rings is 1. The van der Waals surface area contributed by atoms with Crippen molar-refractivity contribution < 1.29 is 14.3 Å². The smallest absolute Gasteiger partial charge is 0.289 e. The minimum absolute atomic E-state index is 0.125. The summed E-state index contributed by atoms with van der Waals surface area (Å²) in [5.41, 5.74) is 1.41. The predicted octanol–water partition coefficient (Wildman–Crippen LogP) is 2.87. The summed E-state index contributed by atoms with van der Waals surface area (Å²) in [6.45, 7) is -0.125. The first-order valence-electron chi connectivity index (χ1n) is 9.27. The molecule has 160 valence electrons. The molecule has 0 bridgehead atoms. The van der Waals surface area contributed by atoms with Crippen molar-refractivity contribution in [1.29, 1.82) is 5.26 Å². The van der Waals surface area contributed by atoms with Crippen molar-refractivity contribution in [2.45, 2.75) is 6.04 Å². The molecular weight excluding hydrogens is 455 g/mol. The highest BCUT2D eigenvalue weighted by molar-refractivity contribution is 6.33. The Bertz CT molecular complexity index is 1260. The lowest BCUT2D eigenvalue weighted by Crippen LogP contribution is -2.49. The molecule has 0 fully saturated rings. The van der Waals surface area contributed by atoms with Gasteiger partial charge in [0.15, 0.2) is 11.6 Å². The van der Waals surface area contributed by atoms with E-state index in [9.17, 15) is 9.59 Å². The molecular formula is C21H14Cl2N6O3. The van der Waals surface area contributed by atoms with E-state index in [-0.39, 0.29) is 17.5 Å². The van der Waals surface area contributed by atoms with Crippen LogP contribution in [-0.2, 0) is 4.79 Å². The highest BCUT2D eigenvalue weighted by Gasteiger charge is 2.32. The molecule has 1 atom stereocenters. The van der Waals surface area contributed by atoms with Crippen molar-refractivity contribution in [3.8, 4) is 23.1 Å². The van der Waals surface area contributed by atoms with Crippen LogP contribution >= 0.6 is 23.2 Å². The second-order valence-corrected chi connectivity index (χ2v) is 7.63. The topological polar surface area (TPSA) is 121 Å². The Morgan fingerprint density at radius 2 is 2.00 bits per heavy atom. The number of ether oxygens (including phenoxy) is 1. The fourth-order valence-corrected chi connectivity index (χ4v) is 3.41. The number of anilines is 1. The molecule has 11 heteroatoms. The summed E-state index contributed by atoms with van der Waals surface area (Å²) in [6.07, 6.45) is 2.70. The predicted molar refractivity (Wildman–Crippen MR) is 117 cm³/mol. The maximum Gasteiger partial charge on any atom is 0.289 e. The fourth-order valence-electron chi connectivity index (χ4n) is 3.06. The first-order valence-corrected chi connectivity index (χ1v) is 10.0. The number of aromatic nitrogens is 3. The zero-order valence-corrected chi connectivity index (χ0v) is 18.1. The third kappa shape index (κ3) is 4.19. The first-order chi connectivity index (χ1) is 15.4. The van der Waals surface area contributed by atoms with E-state index in [1.165, 1.54) is 24.3 Å². The second kappa shape index (κ2) is 8.78. The van der Waals surface area contributed by atoms with Crippen LogP contribution in [0.3, 0.4) is 0 Å². The van der Waals surface area contributed by atoms with Crippen LogP contribution < -0.4 is 15.0 Å². The Kier molecular flexibility index (Phi) is 5.90. The molecule has 1 aliphatic heterocycles. The van der Waals surface area contributed by atoms with E-state index in [4.69, 9.17) is 33.2 Å². The number of hydrogen-bond donors (Lipinski definition) is 1. The minimum atomic E-state index is -1.00. The Morgan fingerprint density at radius 3 is 2.72 bits per heavy atom. The molecule has 2 aromatic heterocycles. The van der Waals surface area contributed by atoms with Gasteiger partial charge >= 0.3 is 0 Å². The van der Waals surface area contributed by atoms with Gasteiger partial charge in [-0.2, -0.15) is 5.26 Å². The maximum atomic E-state index is 12.8. The first kappa shape index (κ1) is 21.5. The number of amides is 2. The molecule has 1 N–H and O–H groups in total. The normalized spacial score (nSPS) is 15.2. The largest absolute Gasteiger partial charge is 0.487 e. The van der Waals surface area contributed by atoms with Gasteiger partial charge in [0, 0.05) is 24.9 Å². The van der Waals surface area contributed by atoms with Crippen LogP contribution in [-0.4, -0.2) is 46.5 Å². The van der Waals surface area contributed by atoms with Gasteiger partial charge in [0.05, 0.1) is 33.6 Å². The molecule has 2 amide bonds. The van der Waals surface area contributed by atoms with Crippen LogP contribution in [0.1, 0.15) is 16.2 Å². The Morgan fingerprint density at radius 1 is 1.25 bits per heavy atom. The lowest BCUT2D eigenvalue weighted by molar-refractivity contribution is -0.120. The molecule has 0 saturated carbocycles. The zero-order valence-electron chi connectivity index (χ0n) is 16.5. The summed E-state index contributed by atoms with van der Waals surface area (Å²) in [5.74, 6) is -0.651. The van der Waals surface area contributed by atoms with Gasteiger partial charge in [0.1, 0.15) is 12.6 Å². The Balaban J connectivity index is 1.56. The number of likely N-dealkylation sites (N-methyl/N-ethyl adjacent to an activating group) is 1. The molecule has 0 aliphatic carbocycles. The molecule has 3 heterocycles. The van der Waals surface area contributed by atoms with Crippen molar-refractivity contribution in [3.63, 3.8) is 0 Å². The van der Waals surface area contributed by atoms with Crippen molar-refractivity contribution in [2.75, 3.05) is 18.6 Å². The maximum absolute atomic E-state index is 12.8. The summed E-state index contributed by atoms with van der Waals surface area (Å²) < 4.78 is 5.64. The third-order valence-electron chi connectivity index (χ3n) is 4.69. The molecule has 0 spiro atoms. The van der Waals surface area contributed by atoms with Crippen LogP contribution in [0.25, 0.3) is 11.3 Å². The minimum Gasteiger partial charge on any atom is -0.487 e. The monoisotopic (exact) mass is 468 g/mol. The van der Waals surface area contributed by atoms with Crippen molar-refractivity contribution in [3.05, 3.63) is 64.2 Å². The number of nitriles is 1. The zero-order chi connectivity index (χ0) is 22.8. The molecule has 0 unspecified atom stereocenters. The number of fused-ring (bicyclic) bond motifs is 1. The summed E-state index contributed by atoms with van der Waals surface area (Å²) >= 11 is 12.2. The molecule has 0 saturated heterocycles. The van der Waals surface area contributed by atoms with E-state index < -0.39 is 17.9 Å². The Hall–Kier alpha value is -3.74. The van der Waals surface area contributed by atoms with Gasteiger partial charge in [-0.05, 0) is 12.1 Å². The van der Waals surface area contributed by atoms with Gasteiger partial charge in [-0.25, -0.2) is 15.0 Å². The highest BCUT2D eigenvalue weighted by Crippen LogP contribution is 2.30. The lowest BCUT2D eigenvalue weighted by Gasteiger charge is -2.19. The summed E-state index contributed by atoms with van der Waals surface area (Å²) in [6, 6.07) is 9.14. The second-order valence-electron chi connectivity index (χ2n) is 6.79. The fraction of sp³-hybridized carbons (Fsp3) is 0.143. The highest BCUT2D eigenvalue weighted by atomic mass is 35.5. The number of nitrogens with zero attached hydrogens (tertiary/aromatic N) is 5. The summed E-state index contributed by atoms with van der Waals surface area (Å²) in [5, 5.41) is 12.1. The van der Waals surface area contributed by atoms with Gasteiger partial charge in [-0.15, -0.1) is 0 Å². The van der Waals surface area contributed by atoms with Crippen LogP contribution in [0.5, 0.6) is 5.75 Å². The van der Waals surface area contributed by atoms with E-state index in [1.807, 2.05) is 6.07 Å². The van der Waals surface area contributed by atoms with Crippen molar-refractivity contribution in [2.24, 2.45) is 0 Å². The van der Waals surface area contributed by atoms with E-state index >= 15 is 0 Å². The number of carbonyl (C=O) groups is 2. The SMILES string of the molecule is CN1C(=O)[C@@H](NC(=O)c2ncc(Cl)c(-c3ccc(C#N)cc3)n2)COc2cc(Cl)cnc21. The van der Waals surface area contributed by atoms with Gasteiger partial charge in [-0.1, -0.05) is 35.3 Å².